The molecule has 0 N–H and O–H groups in total. The minimum atomic E-state index is -6.06. The normalized spacial score (nSPS) is 15.2. The fourth-order valence-electron chi connectivity index (χ4n) is 3.08. The van der Waals surface area contributed by atoms with Crippen LogP contribution in [-0.2, 0) is 0 Å². The monoisotopic (exact) mass is 1260 g/mol. The Bertz CT molecular complexity index is 1200. The van der Waals surface area contributed by atoms with Gasteiger partial charge in [-0.05, 0) is 6.42 Å². The van der Waals surface area contributed by atoms with E-state index in [-0.39, 0.29) is 14.9 Å². The van der Waals surface area contributed by atoms with Gasteiger partial charge in [0, 0.05) is 5.35 Å². The Kier molecular flexibility index (Phi) is 26.2. The molecule has 0 nitrogen and oxygen atoms in total. The van der Waals surface area contributed by atoms with E-state index in [4.69, 9.17) is 0 Å². The van der Waals surface area contributed by atoms with E-state index >= 15 is 0 Å². The molecule has 63 heavy (non-hydrogen) atoms. The van der Waals surface area contributed by atoms with E-state index in [9.17, 15) is 158 Å². The second-order valence-corrected chi connectivity index (χ2v) is 13.5. The van der Waals surface area contributed by atoms with E-state index in [1.807, 2.05) is 0 Å². The van der Waals surface area contributed by atoms with Gasteiger partial charge in [-0.1, -0.05) is 70.8 Å². The van der Waals surface area contributed by atoms with Crippen molar-refractivity contribution in [2.24, 2.45) is 29.6 Å². The molecule has 0 aliphatic carbocycles. The predicted molar refractivity (Wildman–Crippen MR) is 159 cm³/mol. The largest absolute Gasteiger partial charge is 0.409 e. The Morgan fingerprint density at radius 1 is 0.333 bits per heavy atom. The zero-order valence-corrected chi connectivity index (χ0v) is 31.9. The SMILES string of the molecule is C.C=CC(C(F)(F)F)C(F)(F)F.FC(F)(F)C(/C=C/C(C(F)(F)F)C(F)(F)F)C(F)(F)F.FC(F)(F)C(CC(I)C(C(F)(F)F)C(F)(F)F)C(F)(F)F.FC(F)(F)C(I)C(F)(F)F.[2HH]. The maximum Gasteiger partial charge on any atom is 0.409 e. The van der Waals surface area contributed by atoms with E-state index in [0.717, 1.165) is 0 Å². The van der Waals surface area contributed by atoms with Crippen molar-refractivity contribution in [1.82, 2.24) is 0 Å². The number of allylic oxidation sites excluding steroid dienone is 3. The van der Waals surface area contributed by atoms with Crippen LogP contribution in [0.4, 0.5) is 158 Å². The van der Waals surface area contributed by atoms with Crippen molar-refractivity contribution in [3.8, 4) is 0 Å². The van der Waals surface area contributed by atoms with Crippen LogP contribution >= 0.6 is 45.2 Å². The molecule has 0 aliphatic rings. The number of alkyl halides is 38. The van der Waals surface area contributed by atoms with Gasteiger partial charge in [-0.15, -0.1) is 6.58 Å². The zero-order chi connectivity index (χ0) is 51.9. The molecule has 0 aromatic rings. The molecule has 0 saturated carbocycles. The topological polar surface area (TPSA) is 0 Å². The van der Waals surface area contributed by atoms with Crippen LogP contribution in [0.15, 0.2) is 24.8 Å². The van der Waals surface area contributed by atoms with Gasteiger partial charge in [0.1, 0.15) is 0 Å². The van der Waals surface area contributed by atoms with Gasteiger partial charge in [0.05, 0.1) is 0 Å². The molecule has 1 unspecified atom stereocenters. The summed E-state index contributed by atoms with van der Waals surface area (Å²) in [5.41, 5.74) is 0. The second-order valence-electron chi connectivity index (χ2n) is 10.7. The van der Waals surface area contributed by atoms with Crippen molar-refractivity contribution < 1.29 is 159 Å². The maximum atomic E-state index is 12.2. The van der Waals surface area contributed by atoms with Gasteiger partial charge in [0.25, 0.3) is 0 Å². The lowest BCUT2D eigenvalue weighted by atomic mass is 9.93. The first-order valence-corrected chi connectivity index (χ1v) is 16.1. The van der Waals surface area contributed by atoms with Gasteiger partial charge in [-0.3, -0.25) is 0 Å². The molecule has 386 valence electrons. The Morgan fingerprint density at radius 3 is 0.635 bits per heavy atom. The van der Waals surface area contributed by atoms with Gasteiger partial charge >= 0.3 is 74.1 Å². The Labute approximate surface area is 354 Å². The van der Waals surface area contributed by atoms with Crippen LogP contribution in [0, 0.1) is 29.6 Å². The Balaban J connectivity index is -0.000000182. The lowest BCUT2D eigenvalue weighted by Gasteiger charge is -2.31. The van der Waals surface area contributed by atoms with E-state index < -0.39 is 130 Å². The Hall–Kier alpha value is -1.58. The number of halogens is 38. The summed E-state index contributed by atoms with van der Waals surface area (Å²) in [6.07, 6.45) is -74.1. The lowest BCUT2D eigenvalue weighted by Crippen LogP contribution is -2.46. The lowest BCUT2D eigenvalue weighted by molar-refractivity contribution is -0.302. The molecule has 0 saturated heterocycles. The molecule has 0 spiro atoms. The molecular weight excluding hydrogens is 1240 g/mol. The van der Waals surface area contributed by atoms with Crippen LogP contribution in [0.2, 0.25) is 0 Å². The van der Waals surface area contributed by atoms with E-state index in [1.165, 1.54) is 0 Å². The van der Waals surface area contributed by atoms with E-state index in [0.29, 0.717) is 45.2 Å². The molecular formula is C25H20F36I2. The third-order valence-electron chi connectivity index (χ3n) is 5.74. The molecule has 0 aliphatic heterocycles. The maximum absolute atomic E-state index is 12.2. The number of rotatable bonds is 6. The fourth-order valence-corrected chi connectivity index (χ4v) is 4.40. The molecule has 0 aromatic heterocycles. The van der Waals surface area contributed by atoms with Gasteiger partial charge in [0.2, 0.25) is 3.92 Å². The van der Waals surface area contributed by atoms with Crippen LogP contribution in [0.1, 0.15) is 15.3 Å². The van der Waals surface area contributed by atoms with Gasteiger partial charge in [-0.2, -0.15) is 158 Å². The molecule has 0 heterocycles. The first kappa shape index (κ1) is 70.4. The summed E-state index contributed by atoms with van der Waals surface area (Å²) in [7, 11) is 0. The van der Waals surface area contributed by atoms with Crippen LogP contribution in [0.3, 0.4) is 0 Å². The quantitative estimate of drug-likeness (QED) is 0.108. The first-order chi connectivity index (χ1) is 26.2. The molecule has 0 bridgehead atoms. The third kappa shape index (κ3) is 28.3. The number of hydrogen-bond acceptors (Lipinski definition) is 0. The average Bonchev–Trinajstić information content (AvgIpc) is 2.86. The van der Waals surface area contributed by atoms with Crippen molar-refractivity contribution >= 4 is 45.2 Å². The Morgan fingerprint density at radius 2 is 0.540 bits per heavy atom. The van der Waals surface area contributed by atoms with Gasteiger partial charge < -0.3 is 0 Å². The minimum absolute atomic E-state index is 0. The van der Waals surface area contributed by atoms with Crippen LogP contribution in [-0.4, -0.2) is 82.0 Å². The van der Waals surface area contributed by atoms with Crippen molar-refractivity contribution in [1.29, 1.82) is 0 Å². The summed E-state index contributed by atoms with van der Waals surface area (Å²) < 4.78 is 419. The highest BCUT2D eigenvalue weighted by Crippen LogP contribution is 2.50. The summed E-state index contributed by atoms with van der Waals surface area (Å²) in [6, 6.07) is 0. The first-order valence-electron chi connectivity index (χ1n) is 13.6. The smallest absolute Gasteiger partial charge is 0.170 e. The van der Waals surface area contributed by atoms with Crippen molar-refractivity contribution in [3.63, 3.8) is 0 Å². The molecule has 38 heteroatoms. The summed E-state index contributed by atoms with van der Waals surface area (Å²) in [6.45, 7) is 2.45. The third-order valence-corrected chi connectivity index (χ3v) is 8.38. The fraction of sp³-hybridized carbons (Fsp3) is 0.840. The molecule has 0 amide bonds. The summed E-state index contributed by atoms with van der Waals surface area (Å²) in [5, 5.41) is 0. The molecule has 0 fully saturated rings. The van der Waals surface area contributed by atoms with Crippen LogP contribution in [0.5, 0.6) is 0 Å². The standard InChI is InChI=1S/C8H5F12I.C8H4F12.C5H4F6.C3HF6I.CH4.H2/c9-5(10,11)3(6(12,13)14)1-2(21)4(7(15,16)17)8(18,19)20;9-5(10,11)3(6(12,13)14)1-2-4(7(15,16)17)8(18,19)20;1-2-3(4(6,7)8)5(9,10)11;4-2(5,6)1(10)3(7,8)9;;/h2-4H,1H2;1-4H;2-3H,1H2;1H;1H4;1H/b;2-1+;;;;/i;;;;;1+1. The number of hydrogen-bond donors (Lipinski definition) is 0. The van der Waals surface area contributed by atoms with Crippen molar-refractivity contribution in [2.75, 3.05) is 0 Å². The summed E-state index contributed by atoms with van der Waals surface area (Å²) in [4.78, 5) is 0. The summed E-state index contributed by atoms with van der Waals surface area (Å²) in [5.74, 6) is -20.8. The predicted octanol–water partition coefficient (Wildman–Crippen LogP) is 17.4. The van der Waals surface area contributed by atoms with Gasteiger partial charge in [-0.25, -0.2) is 0 Å². The van der Waals surface area contributed by atoms with Crippen molar-refractivity contribution in [3.05, 3.63) is 24.8 Å². The highest BCUT2D eigenvalue weighted by Gasteiger charge is 2.64. The average molecular weight is 1260 g/mol. The second kappa shape index (κ2) is 23.4. The molecule has 0 radical (unpaired) electrons. The molecule has 0 aromatic carbocycles. The van der Waals surface area contributed by atoms with E-state index in [2.05, 4.69) is 6.58 Å². The van der Waals surface area contributed by atoms with Crippen LogP contribution < -0.4 is 0 Å². The summed E-state index contributed by atoms with van der Waals surface area (Å²) >= 11 is 0.614. The minimum Gasteiger partial charge on any atom is -0.170 e. The van der Waals surface area contributed by atoms with Gasteiger partial charge in [0.15, 0.2) is 29.6 Å². The molecule has 0 rings (SSSR count). The van der Waals surface area contributed by atoms with Crippen LogP contribution in [0.25, 0.3) is 0 Å². The van der Waals surface area contributed by atoms with E-state index in [1.54, 1.807) is 0 Å². The highest BCUT2D eigenvalue weighted by atomic mass is 127. The highest BCUT2D eigenvalue weighted by molar-refractivity contribution is 14.1. The van der Waals surface area contributed by atoms with Crippen molar-refractivity contribution in [2.45, 2.75) is 95.8 Å². The zero-order valence-electron chi connectivity index (χ0n) is 27.6. The molecule has 1 atom stereocenters.